The van der Waals surface area contributed by atoms with Crippen LogP contribution in [0.25, 0.3) is 0 Å². The van der Waals surface area contributed by atoms with Crippen molar-refractivity contribution in [3.8, 4) is 0 Å². The van der Waals surface area contributed by atoms with E-state index in [1.165, 1.54) is 0 Å². The van der Waals surface area contributed by atoms with Gasteiger partial charge in [0.05, 0.1) is 0 Å². The number of carbonyl (C=O) groups is 4. The second-order valence-corrected chi connectivity index (χ2v) is 6.15. The molecule has 6 amide bonds. The summed E-state index contributed by atoms with van der Waals surface area (Å²) in [5.74, 6) is -1.16. The van der Waals surface area contributed by atoms with Crippen LogP contribution in [0.15, 0.2) is 24.3 Å². The molecule has 1 fully saturated rings. The fourth-order valence-electron chi connectivity index (χ4n) is 3.47. The molecule has 1 saturated heterocycles. The first-order valence-electron chi connectivity index (χ1n) is 8.28. The van der Waals surface area contributed by atoms with Crippen molar-refractivity contribution in [2.75, 3.05) is 13.1 Å². The number of amides is 6. The molecule has 1 aromatic rings. The fourth-order valence-corrected chi connectivity index (χ4v) is 3.47. The van der Waals surface area contributed by atoms with Gasteiger partial charge in [0.1, 0.15) is 12.1 Å². The molecule has 1 heterocycles. The standard InChI is InChI=1S/C17H20N4O4/c1-2-18-15(24)19-13(22)10-21-14(23)17(20-16(21)25)9-5-7-11-6-3-4-8-12(11)17/h3-4,6,8H,2,5,7,9-10H2,1H3,(H,20,25)(H2,18,19,22,24)/t17-/m1/s1. The summed E-state index contributed by atoms with van der Waals surface area (Å²) >= 11 is 0. The summed E-state index contributed by atoms with van der Waals surface area (Å²) in [7, 11) is 0. The van der Waals surface area contributed by atoms with Crippen LogP contribution in [0.3, 0.4) is 0 Å². The molecule has 25 heavy (non-hydrogen) atoms. The first kappa shape index (κ1) is 16.9. The Morgan fingerprint density at radius 3 is 2.80 bits per heavy atom. The molecule has 1 aliphatic carbocycles. The van der Waals surface area contributed by atoms with E-state index >= 15 is 0 Å². The van der Waals surface area contributed by atoms with E-state index in [2.05, 4.69) is 16.0 Å². The quantitative estimate of drug-likeness (QED) is 0.699. The second kappa shape index (κ2) is 6.54. The molecule has 8 nitrogen and oxygen atoms in total. The Morgan fingerprint density at radius 1 is 1.28 bits per heavy atom. The van der Waals surface area contributed by atoms with Gasteiger partial charge >= 0.3 is 12.1 Å². The van der Waals surface area contributed by atoms with Crippen LogP contribution in [0.1, 0.15) is 30.9 Å². The minimum Gasteiger partial charge on any atom is -0.338 e. The fraction of sp³-hybridized carbons (Fsp3) is 0.412. The minimum absolute atomic E-state index is 0.363. The number of nitrogens with zero attached hydrogens (tertiary/aromatic N) is 1. The number of urea groups is 2. The Balaban J connectivity index is 1.80. The van der Waals surface area contributed by atoms with Gasteiger partial charge in [-0.05, 0) is 37.3 Å². The Morgan fingerprint density at radius 2 is 2.04 bits per heavy atom. The summed E-state index contributed by atoms with van der Waals surface area (Å²) in [6.45, 7) is 1.58. The largest absolute Gasteiger partial charge is 0.338 e. The first-order chi connectivity index (χ1) is 12.0. The first-order valence-corrected chi connectivity index (χ1v) is 8.28. The molecular formula is C17H20N4O4. The number of hydrogen-bond acceptors (Lipinski definition) is 4. The number of nitrogens with one attached hydrogen (secondary N) is 3. The smallest absolute Gasteiger partial charge is 0.325 e. The predicted molar refractivity (Wildman–Crippen MR) is 88.5 cm³/mol. The van der Waals surface area contributed by atoms with Crippen molar-refractivity contribution in [3.05, 3.63) is 35.4 Å². The molecule has 0 aromatic heterocycles. The Kier molecular flexibility index (Phi) is 4.43. The van der Waals surface area contributed by atoms with Crippen LogP contribution in [0.2, 0.25) is 0 Å². The molecule has 2 aliphatic rings. The highest BCUT2D eigenvalue weighted by molar-refractivity contribution is 6.10. The highest BCUT2D eigenvalue weighted by atomic mass is 16.2. The van der Waals surface area contributed by atoms with Crippen molar-refractivity contribution in [2.24, 2.45) is 0 Å². The lowest BCUT2D eigenvalue weighted by atomic mass is 9.76. The molecule has 132 valence electrons. The number of hydrogen-bond donors (Lipinski definition) is 3. The Hall–Kier alpha value is -2.90. The number of rotatable bonds is 3. The van der Waals surface area contributed by atoms with Crippen LogP contribution in [-0.2, 0) is 21.5 Å². The topological polar surface area (TPSA) is 108 Å². The highest BCUT2D eigenvalue weighted by Crippen LogP contribution is 2.39. The Bertz CT molecular complexity index is 748. The molecule has 1 aliphatic heterocycles. The molecule has 1 aromatic carbocycles. The molecule has 0 saturated carbocycles. The highest BCUT2D eigenvalue weighted by Gasteiger charge is 2.54. The maximum absolute atomic E-state index is 13.0. The molecule has 1 atom stereocenters. The molecular weight excluding hydrogens is 324 g/mol. The summed E-state index contributed by atoms with van der Waals surface area (Å²) in [5.41, 5.74) is 0.694. The van der Waals surface area contributed by atoms with Gasteiger partial charge in [-0.2, -0.15) is 0 Å². The van der Waals surface area contributed by atoms with Gasteiger partial charge < -0.3 is 10.6 Å². The minimum atomic E-state index is -1.11. The molecule has 8 heteroatoms. The van der Waals surface area contributed by atoms with Gasteiger partial charge in [-0.1, -0.05) is 24.3 Å². The lowest BCUT2D eigenvalue weighted by Crippen LogP contribution is -2.48. The Labute approximate surface area is 144 Å². The second-order valence-electron chi connectivity index (χ2n) is 6.15. The van der Waals surface area contributed by atoms with Crippen LogP contribution in [0, 0.1) is 0 Å². The number of aryl methyl sites for hydroxylation is 1. The van der Waals surface area contributed by atoms with Crippen LogP contribution >= 0.6 is 0 Å². The zero-order valence-electron chi connectivity index (χ0n) is 13.9. The third-order valence-electron chi connectivity index (χ3n) is 4.54. The molecule has 0 radical (unpaired) electrons. The van der Waals surface area contributed by atoms with Gasteiger partial charge in [-0.15, -0.1) is 0 Å². The molecule has 1 spiro atoms. The number of imide groups is 2. The van der Waals surface area contributed by atoms with Crippen molar-refractivity contribution in [1.29, 1.82) is 0 Å². The maximum Gasteiger partial charge on any atom is 0.325 e. The van der Waals surface area contributed by atoms with Gasteiger partial charge in [0.15, 0.2) is 0 Å². The van der Waals surface area contributed by atoms with E-state index in [0.29, 0.717) is 13.0 Å². The van der Waals surface area contributed by atoms with Gasteiger partial charge in [-0.3, -0.25) is 19.8 Å². The number of fused-ring (bicyclic) bond motifs is 2. The van der Waals surface area contributed by atoms with E-state index in [4.69, 9.17) is 0 Å². The monoisotopic (exact) mass is 344 g/mol. The summed E-state index contributed by atoms with van der Waals surface area (Å²) in [6.07, 6.45) is 2.10. The predicted octanol–water partition coefficient (Wildman–Crippen LogP) is 0.616. The van der Waals surface area contributed by atoms with E-state index in [9.17, 15) is 19.2 Å². The normalized spacial score (nSPS) is 21.7. The van der Waals surface area contributed by atoms with E-state index < -0.39 is 36.0 Å². The maximum atomic E-state index is 13.0. The van der Waals surface area contributed by atoms with Crippen molar-refractivity contribution >= 4 is 23.9 Å². The third-order valence-corrected chi connectivity index (χ3v) is 4.54. The van der Waals surface area contributed by atoms with Gasteiger partial charge in [-0.25, -0.2) is 9.59 Å². The van der Waals surface area contributed by atoms with Crippen molar-refractivity contribution in [3.63, 3.8) is 0 Å². The van der Waals surface area contributed by atoms with Crippen LogP contribution in [0.4, 0.5) is 9.59 Å². The van der Waals surface area contributed by atoms with E-state index in [-0.39, 0.29) is 0 Å². The summed E-state index contributed by atoms with van der Waals surface area (Å²) in [4.78, 5) is 49.5. The average molecular weight is 344 g/mol. The van der Waals surface area contributed by atoms with Crippen LogP contribution < -0.4 is 16.0 Å². The van der Waals surface area contributed by atoms with Crippen molar-refractivity contribution < 1.29 is 19.2 Å². The lowest BCUT2D eigenvalue weighted by molar-refractivity contribution is -0.135. The van der Waals surface area contributed by atoms with Crippen molar-refractivity contribution in [2.45, 2.75) is 31.7 Å². The number of benzene rings is 1. The zero-order valence-corrected chi connectivity index (χ0v) is 13.9. The molecule has 0 bridgehead atoms. The zero-order chi connectivity index (χ0) is 18.0. The van der Waals surface area contributed by atoms with E-state index in [1.54, 1.807) is 6.92 Å². The van der Waals surface area contributed by atoms with Gasteiger partial charge in [0.2, 0.25) is 5.91 Å². The third kappa shape index (κ3) is 2.95. The van der Waals surface area contributed by atoms with E-state index in [1.807, 2.05) is 24.3 Å². The number of carbonyl (C=O) groups excluding carboxylic acids is 4. The SMILES string of the molecule is CCNC(=O)NC(=O)CN1C(=O)N[C@@]2(CCCc3ccccc32)C1=O. The lowest BCUT2D eigenvalue weighted by Gasteiger charge is -2.33. The summed E-state index contributed by atoms with van der Waals surface area (Å²) < 4.78 is 0. The van der Waals surface area contributed by atoms with E-state index in [0.717, 1.165) is 28.9 Å². The van der Waals surface area contributed by atoms with Gasteiger partial charge in [0.25, 0.3) is 5.91 Å². The summed E-state index contributed by atoms with van der Waals surface area (Å²) in [6, 6.07) is 6.24. The van der Waals surface area contributed by atoms with Gasteiger partial charge in [0, 0.05) is 6.54 Å². The summed E-state index contributed by atoms with van der Waals surface area (Å²) in [5, 5.41) is 7.28. The van der Waals surface area contributed by atoms with Crippen LogP contribution in [-0.4, -0.2) is 41.9 Å². The average Bonchev–Trinajstić information content (AvgIpc) is 2.80. The van der Waals surface area contributed by atoms with Crippen molar-refractivity contribution in [1.82, 2.24) is 20.9 Å². The molecule has 0 unspecified atom stereocenters. The van der Waals surface area contributed by atoms with Crippen LogP contribution in [0.5, 0.6) is 0 Å². The molecule has 3 N–H and O–H groups in total. The molecule has 3 rings (SSSR count).